The summed E-state index contributed by atoms with van der Waals surface area (Å²) in [6, 6.07) is 0. The van der Waals surface area contributed by atoms with Crippen LogP contribution in [-0.2, 0) is 14.3 Å². The molecule has 194 valence electrons. The number of ether oxygens (including phenoxy) is 2. The maximum atomic E-state index is 13.2. The summed E-state index contributed by atoms with van der Waals surface area (Å²) in [4.78, 5) is 44.7. The molecule has 2 heterocycles. The number of esters is 2. The van der Waals surface area contributed by atoms with E-state index in [1.54, 1.807) is 0 Å². The summed E-state index contributed by atoms with van der Waals surface area (Å²) in [5.41, 5.74) is 5.87. The fourth-order valence-corrected chi connectivity index (χ4v) is 4.11. The van der Waals surface area contributed by atoms with Crippen molar-refractivity contribution in [2.75, 3.05) is 0 Å². The third-order valence-corrected chi connectivity index (χ3v) is 6.29. The maximum Gasteiger partial charge on any atom is 0.355 e. The lowest BCUT2D eigenvalue weighted by atomic mass is 10.1. The molecule has 0 atom stereocenters. The van der Waals surface area contributed by atoms with Gasteiger partial charge in [0.05, 0.1) is 0 Å². The number of H-pyrrole nitrogens is 2. The van der Waals surface area contributed by atoms with Gasteiger partial charge >= 0.3 is 11.9 Å². The Morgan fingerprint density at radius 3 is 1.31 bits per heavy atom. The monoisotopic (exact) mass is 494 g/mol. The summed E-state index contributed by atoms with van der Waals surface area (Å²) in [5.74, 6) is -0.861. The molecule has 7 nitrogen and oxygen atoms in total. The maximum absolute atomic E-state index is 13.2. The fraction of sp³-hybridized carbons (Fsp3) is 0.483. The Kier molecular flexibility index (Phi) is 7.26. The second-order valence-electron chi connectivity index (χ2n) is 11.5. The number of ketones is 1. The van der Waals surface area contributed by atoms with Gasteiger partial charge in [0.25, 0.3) is 0 Å². The largest absolute Gasteiger partial charge is 0.455 e. The van der Waals surface area contributed by atoms with Gasteiger partial charge in [-0.1, -0.05) is 0 Å². The summed E-state index contributed by atoms with van der Waals surface area (Å²) in [5, 5.41) is 0. The van der Waals surface area contributed by atoms with Crippen molar-refractivity contribution in [1.29, 1.82) is 0 Å². The Morgan fingerprint density at radius 2 is 1.00 bits per heavy atom. The first-order chi connectivity index (χ1) is 16.5. The van der Waals surface area contributed by atoms with E-state index in [-0.39, 0.29) is 5.78 Å². The molecule has 7 heteroatoms. The molecule has 0 unspecified atom stereocenters. The fourth-order valence-electron chi connectivity index (χ4n) is 4.11. The van der Waals surface area contributed by atoms with Crippen LogP contribution in [0.4, 0.5) is 0 Å². The van der Waals surface area contributed by atoms with Crippen LogP contribution in [0.15, 0.2) is 11.1 Å². The molecule has 0 aromatic carbocycles. The molecular formula is C29H38N2O5. The standard InChI is InChI=1S/C29H38N2O5/c1-15-17(3)23(26(33)35-28(5,6)7)30-21(15)13-19-11-12-20(25(19)32)14-22-16(2)18(4)24(31-22)27(34)36-29(8,9)10/h13-14,30-31H,11-12H2,1-10H3. The van der Waals surface area contributed by atoms with Crippen LogP contribution in [0.3, 0.4) is 0 Å². The van der Waals surface area contributed by atoms with Crippen LogP contribution >= 0.6 is 0 Å². The zero-order valence-corrected chi connectivity index (χ0v) is 23.1. The number of rotatable bonds is 4. The van der Waals surface area contributed by atoms with Crippen molar-refractivity contribution in [2.45, 2.75) is 93.3 Å². The highest BCUT2D eigenvalue weighted by atomic mass is 16.6. The molecule has 1 fully saturated rings. The predicted molar refractivity (Wildman–Crippen MR) is 141 cm³/mol. The van der Waals surface area contributed by atoms with E-state index in [4.69, 9.17) is 9.47 Å². The second kappa shape index (κ2) is 9.60. The normalized spacial score (nSPS) is 16.8. The molecule has 2 aromatic rings. The van der Waals surface area contributed by atoms with Gasteiger partial charge in [0.2, 0.25) is 0 Å². The van der Waals surface area contributed by atoms with Gasteiger partial charge in [0.1, 0.15) is 22.6 Å². The number of nitrogens with one attached hydrogen (secondary N) is 2. The Hall–Kier alpha value is -3.35. The molecule has 2 aromatic heterocycles. The van der Waals surface area contributed by atoms with Gasteiger partial charge in [-0.05, 0) is 116 Å². The Bertz CT molecular complexity index is 1190. The van der Waals surface area contributed by atoms with Crippen LogP contribution in [0.2, 0.25) is 0 Å². The summed E-state index contributed by atoms with van der Waals surface area (Å²) >= 11 is 0. The number of hydrogen-bond acceptors (Lipinski definition) is 5. The Labute approximate surface area is 213 Å². The van der Waals surface area contributed by atoms with Gasteiger partial charge in [-0.15, -0.1) is 0 Å². The summed E-state index contributed by atoms with van der Waals surface area (Å²) in [7, 11) is 0. The number of carbonyl (C=O) groups excluding carboxylic acids is 3. The molecule has 36 heavy (non-hydrogen) atoms. The highest BCUT2D eigenvalue weighted by Gasteiger charge is 2.27. The molecule has 0 aliphatic heterocycles. The van der Waals surface area contributed by atoms with Gasteiger partial charge in [-0.2, -0.15) is 0 Å². The van der Waals surface area contributed by atoms with Crippen LogP contribution in [0.25, 0.3) is 12.2 Å². The van der Waals surface area contributed by atoms with E-state index in [1.165, 1.54) is 0 Å². The van der Waals surface area contributed by atoms with Gasteiger partial charge < -0.3 is 19.4 Å². The predicted octanol–water partition coefficient (Wildman–Crippen LogP) is 6.32. The van der Waals surface area contributed by atoms with Crippen LogP contribution in [-0.4, -0.2) is 38.9 Å². The first-order valence-corrected chi connectivity index (χ1v) is 12.3. The lowest BCUT2D eigenvalue weighted by molar-refractivity contribution is -0.111. The lowest BCUT2D eigenvalue weighted by Crippen LogP contribution is -2.24. The van der Waals surface area contributed by atoms with E-state index in [0.29, 0.717) is 35.4 Å². The second-order valence-corrected chi connectivity index (χ2v) is 11.5. The van der Waals surface area contributed by atoms with Crippen molar-refractivity contribution in [1.82, 2.24) is 9.97 Å². The first kappa shape index (κ1) is 27.2. The number of Topliss-reactive ketones (excluding diaryl/α,β-unsaturated/α-hetero) is 1. The molecule has 0 amide bonds. The molecular weight excluding hydrogens is 456 g/mol. The highest BCUT2D eigenvalue weighted by molar-refractivity contribution is 6.15. The molecule has 0 radical (unpaired) electrons. The van der Waals surface area contributed by atoms with Crippen LogP contribution < -0.4 is 0 Å². The molecule has 1 aliphatic rings. The summed E-state index contributed by atoms with van der Waals surface area (Å²) in [6.45, 7) is 18.5. The quantitative estimate of drug-likeness (QED) is 0.383. The lowest BCUT2D eigenvalue weighted by Gasteiger charge is -2.19. The van der Waals surface area contributed by atoms with Crippen molar-refractivity contribution in [2.24, 2.45) is 0 Å². The third-order valence-electron chi connectivity index (χ3n) is 6.29. The number of carbonyl (C=O) groups is 3. The van der Waals surface area contributed by atoms with Crippen molar-refractivity contribution in [3.63, 3.8) is 0 Å². The minimum absolute atomic E-state index is 0.0362. The van der Waals surface area contributed by atoms with E-state index >= 15 is 0 Å². The number of allylic oxidation sites excluding steroid dienone is 2. The van der Waals surface area contributed by atoms with Crippen molar-refractivity contribution >= 4 is 29.9 Å². The minimum atomic E-state index is -0.597. The Balaban J connectivity index is 1.87. The topological polar surface area (TPSA) is 101 Å². The molecule has 0 bridgehead atoms. The van der Waals surface area contributed by atoms with Crippen molar-refractivity contribution in [3.8, 4) is 0 Å². The van der Waals surface area contributed by atoms with E-state index < -0.39 is 23.1 Å². The summed E-state index contributed by atoms with van der Waals surface area (Å²) < 4.78 is 11.0. The smallest absolute Gasteiger partial charge is 0.355 e. The van der Waals surface area contributed by atoms with Gasteiger partial charge in [0, 0.05) is 22.5 Å². The minimum Gasteiger partial charge on any atom is -0.455 e. The SMILES string of the molecule is Cc1c(C=C2CCC(=Cc3[nH]c(C(=O)OC(C)(C)C)c(C)c3C)C2=O)[nH]c(C(=O)OC(C)(C)C)c1C. The zero-order chi connectivity index (χ0) is 27.2. The van der Waals surface area contributed by atoms with Crippen LogP contribution in [0.1, 0.15) is 109 Å². The average molecular weight is 495 g/mol. The number of aromatic amines is 2. The first-order valence-electron chi connectivity index (χ1n) is 12.3. The zero-order valence-electron chi connectivity index (χ0n) is 23.1. The van der Waals surface area contributed by atoms with Gasteiger partial charge in [-0.3, -0.25) is 4.79 Å². The molecule has 3 rings (SSSR count). The van der Waals surface area contributed by atoms with Gasteiger partial charge in [0.15, 0.2) is 5.78 Å². The van der Waals surface area contributed by atoms with Crippen LogP contribution in [0, 0.1) is 27.7 Å². The molecule has 0 spiro atoms. The molecule has 0 saturated heterocycles. The molecule has 1 saturated carbocycles. The average Bonchev–Trinajstić information content (AvgIpc) is 3.32. The summed E-state index contributed by atoms with van der Waals surface area (Å²) in [6.07, 6.45) is 4.86. The highest BCUT2D eigenvalue weighted by Crippen LogP contribution is 2.32. The number of aromatic nitrogens is 2. The van der Waals surface area contributed by atoms with Crippen LogP contribution in [0.5, 0.6) is 0 Å². The van der Waals surface area contributed by atoms with Gasteiger partial charge in [-0.25, -0.2) is 9.59 Å². The third kappa shape index (κ3) is 5.89. The number of hydrogen-bond donors (Lipinski definition) is 2. The van der Waals surface area contributed by atoms with E-state index in [0.717, 1.165) is 33.6 Å². The Morgan fingerprint density at radius 1 is 0.667 bits per heavy atom. The molecule has 1 aliphatic carbocycles. The molecule has 2 N–H and O–H groups in total. The van der Waals surface area contributed by atoms with Crippen molar-refractivity contribution in [3.05, 3.63) is 56.2 Å². The van der Waals surface area contributed by atoms with E-state index in [2.05, 4.69) is 9.97 Å². The van der Waals surface area contributed by atoms with E-state index in [1.807, 2.05) is 81.4 Å². The van der Waals surface area contributed by atoms with Crippen molar-refractivity contribution < 1.29 is 23.9 Å². The van der Waals surface area contributed by atoms with E-state index in [9.17, 15) is 14.4 Å².